The number of halogens is 4. The van der Waals surface area contributed by atoms with Crippen LogP contribution >= 0.6 is 0 Å². The first kappa shape index (κ1) is 27.1. The number of benzene rings is 4. The fourth-order valence-electron chi connectivity index (χ4n) is 5.55. The van der Waals surface area contributed by atoms with Crippen LogP contribution in [0.2, 0.25) is 0 Å². The topological polar surface area (TPSA) is 106 Å². The van der Waals surface area contributed by atoms with E-state index in [0.717, 1.165) is 0 Å². The molecule has 8 bridgehead atoms. The summed E-state index contributed by atoms with van der Waals surface area (Å²) in [6.45, 7) is 0. The van der Waals surface area contributed by atoms with E-state index in [1.807, 2.05) is 0 Å². The van der Waals surface area contributed by atoms with Gasteiger partial charge in [0.05, 0.1) is 23.3 Å². The van der Waals surface area contributed by atoms with Crippen LogP contribution in [0.25, 0.3) is 89.7 Å². The van der Waals surface area contributed by atoms with Crippen molar-refractivity contribution < 1.29 is 34.6 Å². The molecule has 4 aromatic carbocycles. The van der Waals surface area contributed by atoms with Crippen molar-refractivity contribution in [1.29, 1.82) is 0 Å². The zero-order chi connectivity index (χ0) is 29.7. The summed E-state index contributed by atoms with van der Waals surface area (Å²) in [4.78, 5) is 36.9. The third-order valence-electron chi connectivity index (χ3n) is 7.55. The van der Waals surface area contributed by atoms with Crippen molar-refractivity contribution in [2.75, 3.05) is 0 Å². The summed E-state index contributed by atoms with van der Waals surface area (Å²) in [5.41, 5.74) is 2.19. The summed E-state index contributed by atoms with van der Waals surface area (Å²) in [6, 6.07) is 16.3. The van der Waals surface area contributed by atoms with Gasteiger partial charge in [0.15, 0.2) is 0 Å². The van der Waals surface area contributed by atoms with Crippen molar-refractivity contribution >= 4 is 44.1 Å². The van der Waals surface area contributed by atoms with Gasteiger partial charge in [-0.3, -0.25) is 0 Å². The Morgan fingerprint density at radius 2 is 0.689 bits per heavy atom. The van der Waals surface area contributed by atoms with Crippen molar-refractivity contribution in [2.45, 2.75) is 0 Å². The average Bonchev–Trinajstić information content (AvgIpc) is 3.71. The Hall–Kier alpha value is -5.52. The normalized spacial score (nSPS) is 11.8. The number of hydrogen-bond donors (Lipinski definition) is 0. The molecule has 0 saturated heterocycles. The van der Waals surface area contributed by atoms with E-state index in [2.05, 4.69) is 39.9 Å². The smallest absolute Gasteiger partial charge is 0.357 e. The largest absolute Gasteiger partial charge is 2.00 e. The van der Waals surface area contributed by atoms with Crippen LogP contribution in [-0.2, 0) is 17.1 Å². The van der Waals surface area contributed by atoms with Gasteiger partial charge in [0, 0.05) is 44.8 Å². The van der Waals surface area contributed by atoms with Gasteiger partial charge in [-0.15, -0.1) is 0 Å². The van der Waals surface area contributed by atoms with Crippen LogP contribution in [-0.4, -0.2) is 29.9 Å². The van der Waals surface area contributed by atoms with Crippen LogP contribution in [0.5, 0.6) is 0 Å². The maximum atomic E-state index is 14.5. The molecule has 0 unspecified atom stereocenters. The van der Waals surface area contributed by atoms with Crippen molar-refractivity contribution in [1.82, 2.24) is 39.9 Å². The monoisotopic (exact) mass is 647 g/mol. The van der Waals surface area contributed by atoms with Gasteiger partial charge in [0.25, 0.3) is 0 Å². The standard InChI is InChI=1S/C32H12F4N8.Cu/c33-13-1-5-17-21(9-13)29-37-25(17)41-30-22-10-14(34)2-6-18(22)27(38-30)43-32-24-12-16(36)4-8-20(24)28(40-32)44-31-23-11-15(35)3-7-19(23)26(39-31)42-29;/h1-12H;/q-2;+2. The molecule has 0 amide bonds. The van der Waals surface area contributed by atoms with E-state index in [1.54, 1.807) is 0 Å². The molecule has 2 aliphatic rings. The molecule has 0 N–H and O–H groups in total. The summed E-state index contributed by atoms with van der Waals surface area (Å²) >= 11 is 0. The molecule has 0 saturated carbocycles. The first-order valence-corrected chi connectivity index (χ1v) is 13.3. The van der Waals surface area contributed by atoms with Gasteiger partial charge in [-0.1, -0.05) is 12.1 Å². The summed E-state index contributed by atoms with van der Waals surface area (Å²) in [7, 11) is 0. The average molecular weight is 648 g/mol. The van der Waals surface area contributed by atoms with Crippen LogP contribution in [0.4, 0.5) is 17.6 Å². The molecule has 3 aromatic heterocycles. The molecule has 2 aliphatic heterocycles. The predicted octanol–water partition coefficient (Wildman–Crippen LogP) is 6.68. The summed E-state index contributed by atoms with van der Waals surface area (Å²) < 4.78 is 57.8. The Bertz CT molecular complexity index is 2400. The van der Waals surface area contributed by atoms with E-state index < -0.39 is 23.3 Å². The fourth-order valence-corrected chi connectivity index (χ4v) is 5.55. The second kappa shape index (κ2) is 9.74. The van der Waals surface area contributed by atoms with E-state index in [1.165, 1.54) is 72.8 Å². The molecule has 1 radical (unpaired) electrons. The third kappa shape index (κ3) is 4.20. The van der Waals surface area contributed by atoms with Gasteiger partial charge in [-0.05, 0) is 82.2 Å². The summed E-state index contributed by atoms with van der Waals surface area (Å²) in [5.74, 6) is -1.51. The Morgan fingerprint density at radius 1 is 0.356 bits per heavy atom. The van der Waals surface area contributed by atoms with Crippen LogP contribution in [0, 0.1) is 23.3 Å². The Kier molecular flexibility index (Phi) is 5.86. The minimum Gasteiger partial charge on any atom is -0.357 e. The fraction of sp³-hybridized carbons (Fsp3) is 0. The van der Waals surface area contributed by atoms with E-state index in [4.69, 9.17) is 0 Å². The second-order valence-electron chi connectivity index (χ2n) is 10.2. The molecule has 219 valence electrons. The minimum absolute atomic E-state index is 0. The number of hydrogen-bond acceptors (Lipinski definition) is 6. The maximum Gasteiger partial charge on any atom is 2.00 e. The van der Waals surface area contributed by atoms with E-state index in [0.29, 0.717) is 43.8 Å². The molecule has 8 nitrogen and oxygen atoms in total. The quantitative estimate of drug-likeness (QED) is 0.133. The van der Waals surface area contributed by atoms with Crippen molar-refractivity contribution in [2.24, 2.45) is 0 Å². The second-order valence-corrected chi connectivity index (χ2v) is 10.2. The van der Waals surface area contributed by atoms with Gasteiger partial charge in [0.1, 0.15) is 23.3 Å². The number of rotatable bonds is 0. The van der Waals surface area contributed by atoms with Crippen molar-refractivity contribution in [3.8, 4) is 45.6 Å². The van der Waals surface area contributed by atoms with Gasteiger partial charge in [-0.2, -0.15) is 0 Å². The van der Waals surface area contributed by atoms with Crippen LogP contribution < -0.4 is 9.97 Å². The van der Waals surface area contributed by atoms with Crippen molar-refractivity contribution in [3.63, 3.8) is 0 Å². The maximum absolute atomic E-state index is 14.5. The molecule has 45 heavy (non-hydrogen) atoms. The molecule has 0 atom stereocenters. The van der Waals surface area contributed by atoms with Gasteiger partial charge < -0.3 is 29.9 Å². The number of fused-ring (bicyclic) bond motifs is 20. The van der Waals surface area contributed by atoms with Crippen LogP contribution in [0.3, 0.4) is 0 Å². The van der Waals surface area contributed by atoms with E-state index >= 15 is 0 Å². The third-order valence-corrected chi connectivity index (χ3v) is 7.55. The van der Waals surface area contributed by atoms with E-state index in [-0.39, 0.29) is 63.0 Å². The number of aromatic nitrogens is 8. The molecule has 13 heteroatoms. The Labute approximate surface area is 259 Å². The molecule has 0 spiro atoms. The molecule has 7 aromatic rings. The zero-order valence-corrected chi connectivity index (χ0v) is 23.3. The van der Waals surface area contributed by atoms with Crippen LogP contribution in [0.1, 0.15) is 0 Å². The van der Waals surface area contributed by atoms with Crippen LogP contribution in [0.15, 0.2) is 72.8 Å². The summed E-state index contributed by atoms with van der Waals surface area (Å²) in [6.07, 6.45) is 0. The molecule has 5 heterocycles. The predicted molar refractivity (Wildman–Crippen MR) is 154 cm³/mol. The molecule has 0 aliphatic carbocycles. The Balaban J connectivity index is 0.00000300. The molecule has 0 fully saturated rings. The molecular formula is C32H12CuF4N8. The Morgan fingerprint density at radius 3 is 1.11 bits per heavy atom. The zero-order valence-electron chi connectivity index (χ0n) is 22.3. The minimum atomic E-state index is -0.516. The number of nitrogens with zero attached hydrogens (tertiary/aromatic N) is 8. The molecule has 9 rings (SSSR count). The first-order chi connectivity index (χ1) is 21.4. The van der Waals surface area contributed by atoms with Gasteiger partial charge in [-0.25, -0.2) is 27.5 Å². The summed E-state index contributed by atoms with van der Waals surface area (Å²) in [5, 5.41) is 1.64. The van der Waals surface area contributed by atoms with Gasteiger partial charge in [0.2, 0.25) is 0 Å². The SMILES string of the molecule is Fc1ccc2c(c1)-c1nc-2nc2[n-]c(nc3nc(nc4[n-]c(n1)c1ccc(F)cc41)-c1ccc(F)cc1-3)c1ccc(F)cc21.[Cu+2]. The molecular weight excluding hydrogens is 636 g/mol. The van der Waals surface area contributed by atoms with Gasteiger partial charge >= 0.3 is 17.1 Å². The van der Waals surface area contributed by atoms with Crippen molar-refractivity contribution in [3.05, 3.63) is 96.1 Å². The van der Waals surface area contributed by atoms with E-state index in [9.17, 15) is 17.6 Å². The first-order valence-electron chi connectivity index (χ1n) is 13.3.